The van der Waals surface area contributed by atoms with Gasteiger partial charge in [0.25, 0.3) is 0 Å². The maximum absolute atomic E-state index is 11.6. The van der Waals surface area contributed by atoms with E-state index in [2.05, 4.69) is 0 Å². The molecule has 0 aromatic heterocycles. The maximum atomic E-state index is 11.6. The van der Waals surface area contributed by atoms with Crippen LogP contribution in [0.4, 0.5) is 0 Å². The van der Waals surface area contributed by atoms with Gasteiger partial charge < -0.3 is 4.74 Å². The molecule has 2 aliphatic carbocycles. The van der Waals surface area contributed by atoms with Gasteiger partial charge in [-0.2, -0.15) is 0 Å². The summed E-state index contributed by atoms with van der Waals surface area (Å²) in [5, 5.41) is 0. The third-order valence-corrected chi connectivity index (χ3v) is 3.68. The van der Waals surface area contributed by atoms with Crippen LogP contribution in [0.5, 0.6) is 0 Å². The minimum atomic E-state index is -0.192. The first-order valence-electron chi connectivity index (χ1n) is 5.86. The summed E-state index contributed by atoms with van der Waals surface area (Å²) < 4.78 is 5.26. The summed E-state index contributed by atoms with van der Waals surface area (Å²) in [4.78, 5) is 22.5. The highest BCUT2D eigenvalue weighted by Gasteiger charge is 2.38. The molecule has 84 valence electrons. The van der Waals surface area contributed by atoms with Crippen LogP contribution in [-0.4, -0.2) is 17.9 Å². The average molecular weight is 210 g/mol. The zero-order valence-electron chi connectivity index (χ0n) is 9.20. The van der Waals surface area contributed by atoms with Crippen molar-refractivity contribution in [3.63, 3.8) is 0 Å². The van der Waals surface area contributed by atoms with Gasteiger partial charge in [-0.15, -0.1) is 0 Å². The highest BCUT2D eigenvalue weighted by molar-refractivity contribution is 5.83. The van der Waals surface area contributed by atoms with Gasteiger partial charge in [0.05, 0.1) is 0 Å². The zero-order valence-corrected chi connectivity index (χ0v) is 9.20. The second-order valence-electron chi connectivity index (χ2n) is 4.77. The number of hydrogen-bond donors (Lipinski definition) is 0. The molecule has 0 heterocycles. The van der Waals surface area contributed by atoms with Crippen molar-refractivity contribution in [3.05, 3.63) is 0 Å². The summed E-state index contributed by atoms with van der Waals surface area (Å²) in [5.41, 5.74) is 0. The number of fused-ring (bicyclic) bond motifs is 1. The van der Waals surface area contributed by atoms with Crippen molar-refractivity contribution in [2.45, 2.75) is 51.6 Å². The first-order valence-corrected chi connectivity index (χ1v) is 5.86. The van der Waals surface area contributed by atoms with Crippen molar-refractivity contribution in [1.29, 1.82) is 0 Å². The van der Waals surface area contributed by atoms with E-state index in [1.807, 2.05) is 0 Å². The molecule has 2 fully saturated rings. The number of carbonyl (C=O) groups excluding carboxylic acids is 2. The number of esters is 1. The van der Waals surface area contributed by atoms with Gasteiger partial charge in [0, 0.05) is 19.3 Å². The third kappa shape index (κ3) is 2.39. The minimum absolute atomic E-state index is 0.0587. The second kappa shape index (κ2) is 4.33. The molecular weight excluding hydrogens is 192 g/mol. The SMILES string of the molecule is CC(=O)OC1CCCC2C(=O)CCC2C1. The average Bonchev–Trinajstić information content (AvgIpc) is 2.41. The van der Waals surface area contributed by atoms with Crippen LogP contribution in [0, 0.1) is 11.8 Å². The molecular formula is C12H18O3. The smallest absolute Gasteiger partial charge is 0.302 e. The molecule has 3 atom stereocenters. The van der Waals surface area contributed by atoms with E-state index >= 15 is 0 Å². The van der Waals surface area contributed by atoms with Crippen LogP contribution in [0.15, 0.2) is 0 Å². The van der Waals surface area contributed by atoms with E-state index in [9.17, 15) is 9.59 Å². The van der Waals surface area contributed by atoms with Crippen LogP contribution in [-0.2, 0) is 14.3 Å². The van der Waals surface area contributed by atoms with Gasteiger partial charge in [-0.05, 0) is 38.0 Å². The molecule has 2 rings (SSSR count). The van der Waals surface area contributed by atoms with E-state index in [0.717, 1.165) is 38.5 Å². The molecule has 0 spiro atoms. The predicted molar refractivity (Wildman–Crippen MR) is 55.2 cm³/mol. The van der Waals surface area contributed by atoms with E-state index in [-0.39, 0.29) is 18.0 Å². The topological polar surface area (TPSA) is 43.4 Å². The van der Waals surface area contributed by atoms with Crippen molar-refractivity contribution < 1.29 is 14.3 Å². The Morgan fingerprint density at radius 3 is 2.87 bits per heavy atom. The van der Waals surface area contributed by atoms with Gasteiger partial charge in [0.15, 0.2) is 0 Å². The number of rotatable bonds is 1. The number of ketones is 1. The lowest BCUT2D eigenvalue weighted by atomic mass is 9.91. The van der Waals surface area contributed by atoms with Crippen LogP contribution < -0.4 is 0 Å². The molecule has 3 nitrogen and oxygen atoms in total. The summed E-state index contributed by atoms with van der Waals surface area (Å²) in [6.45, 7) is 1.46. The Morgan fingerprint density at radius 1 is 1.33 bits per heavy atom. The van der Waals surface area contributed by atoms with Crippen LogP contribution in [0.3, 0.4) is 0 Å². The quantitative estimate of drug-likeness (QED) is 0.622. The highest BCUT2D eigenvalue weighted by Crippen LogP contribution is 2.39. The number of ether oxygens (including phenoxy) is 1. The van der Waals surface area contributed by atoms with Crippen LogP contribution in [0.1, 0.15) is 45.4 Å². The zero-order chi connectivity index (χ0) is 10.8. The van der Waals surface area contributed by atoms with Gasteiger partial charge in [-0.1, -0.05) is 0 Å². The lowest BCUT2D eigenvalue weighted by Gasteiger charge is -2.18. The van der Waals surface area contributed by atoms with Crippen molar-refractivity contribution in [2.75, 3.05) is 0 Å². The predicted octanol–water partition coefficient (Wildman–Crippen LogP) is 2.09. The summed E-state index contributed by atoms with van der Waals surface area (Å²) in [6.07, 6.45) is 5.65. The molecule has 0 N–H and O–H groups in total. The Labute approximate surface area is 90.2 Å². The van der Waals surface area contributed by atoms with Crippen LogP contribution in [0.25, 0.3) is 0 Å². The van der Waals surface area contributed by atoms with Gasteiger partial charge >= 0.3 is 5.97 Å². The Bertz CT molecular complexity index is 272. The first-order chi connectivity index (χ1) is 7.16. The Kier molecular flexibility index (Phi) is 3.08. The van der Waals surface area contributed by atoms with Crippen molar-refractivity contribution in [1.82, 2.24) is 0 Å². The molecule has 3 heteroatoms. The van der Waals surface area contributed by atoms with Crippen LogP contribution >= 0.6 is 0 Å². The molecule has 0 radical (unpaired) electrons. The van der Waals surface area contributed by atoms with Crippen molar-refractivity contribution in [2.24, 2.45) is 11.8 Å². The molecule has 3 unspecified atom stereocenters. The molecule has 0 bridgehead atoms. The largest absolute Gasteiger partial charge is 0.463 e. The molecule has 0 amide bonds. The van der Waals surface area contributed by atoms with Gasteiger partial charge in [0.1, 0.15) is 11.9 Å². The molecule has 15 heavy (non-hydrogen) atoms. The summed E-state index contributed by atoms with van der Waals surface area (Å²) in [6, 6.07) is 0. The van der Waals surface area contributed by atoms with Crippen LogP contribution in [0.2, 0.25) is 0 Å². The van der Waals surface area contributed by atoms with Crippen molar-refractivity contribution in [3.8, 4) is 0 Å². The summed E-state index contributed by atoms with van der Waals surface area (Å²) >= 11 is 0. The van der Waals surface area contributed by atoms with Crippen molar-refractivity contribution >= 4 is 11.8 Å². The molecule has 0 aromatic rings. The molecule has 0 saturated heterocycles. The van der Waals surface area contributed by atoms with E-state index in [0.29, 0.717) is 11.7 Å². The first kappa shape index (κ1) is 10.7. The van der Waals surface area contributed by atoms with E-state index in [1.54, 1.807) is 0 Å². The van der Waals surface area contributed by atoms with Gasteiger partial charge in [-0.3, -0.25) is 9.59 Å². The maximum Gasteiger partial charge on any atom is 0.302 e. The fourth-order valence-electron chi connectivity index (χ4n) is 3.02. The summed E-state index contributed by atoms with van der Waals surface area (Å²) in [7, 11) is 0. The van der Waals surface area contributed by atoms with E-state index in [4.69, 9.17) is 4.74 Å². The Hall–Kier alpha value is -0.860. The van der Waals surface area contributed by atoms with E-state index < -0.39 is 0 Å². The van der Waals surface area contributed by atoms with E-state index in [1.165, 1.54) is 6.92 Å². The molecule has 2 aliphatic rings. The fraction of sp³-hybridized carbons (Fsp3) is 0.833. The molecule has 0 aromatic carbocycles. The number of Topliss-reactive ketones (excluding diaryl/α,β-unsaturated/α-hetero) is 1. The minimum Gasteiger partial charge on any atom is -0.463 e. The fourth-order valence-corrected chi connectivity index (χ4v) is 3.02. The highest BCUT2D eigenvalue weighted by atomic mass is 16.5. The number of carbonyl (C=O) groups is 2. The Morgan fingerprint density at radius 2 is 2.13 bits per heavy atom. The van der Waals surface area contributed by atoms with Gasteiger partial charge in [-0.25, -0.2) is 0 Å². The molecule has 0 aliphatic heterocycles. The normalized spacial score (nSPS) is 35.8. The number of hydrogen-bond acceptors (Lipinski definition) is 3. The standard InChI is InChI=1S/C12H18O3/c1-8(13)15-10-3-2-4-11-9(7-10)5-6-12(11)14/h9-11H,2-7H2,1H3. The lowest BCUT2D eigenvalue weighted by molar-refractivity contribution is -0.147. The lowest BCUT2D eigenvalue weighted by Crippen LogP contribution is -2.20. The third-order valence-electron chi connectivity index (χ3n) is 3.68. The molecule has 2 saturated carbocycles. The summed E-state index contributed by atoms with van der Waals surface area (Å²) in [5.74, 6) is 0.987. The Balaban J connectivity index is 1.98. The second-order valence-corrected chi connectivity index (χ2v) is 4.77. The monoisotopic (exact) mass is 210 g/mol. The van der Waals surface area contributed by atoms with Gasteiger partial charge in [0.2, 0.25) is 0 Å².